The lowest BCUT2D eigenvalue weighted by Crippen LogP contribution is -2.06. The maximum atomic E-state index is 5.90. The molecule has 0 aromatic carbocycles. The Balaban J connectivity index is 2.42. The van der Waals surface area contributed by atoms with Gasteiger partial charge in [0.15, 0.2) is 5.75 Å². The molecule has 5 heteroatoms. The highest BCUT2D eigenvalue weighted by molar-refractivity contribution is 5.46. The zero-order valence-corrected chi connectivity index (χ0v) is 11.6. The van der Waals surface area contributed by atoms with E-state index in [0.717, 1.165) is 11.3 Å². The zero-order valence-electron chi connectivity index (χ0n) is 11.6. The fourth-order valence-corrected chi connectivity index (χ4v) is 1.57. The Kier molecular flexibility index (Phi) is 3.64. The Hall–Kier alpha value is -2.17. The van der Waals surface area contributed by atoms with Crippen LogP contribution in [0.5, 0.6) is 11.6 Å². The van der Waals surface area contributed by atoms with E-state index < -0.39 is 0 Å². The van der Waals surface area contributed by atoms with E-state index in [-0.39, 0.29) is 5.92 Å². The van der Waals surface area contributed by atoms with Crippen LogP contribution < -0.4 is 10.5 Å². The van der Waals surface area contributed by atoms with Crippen LogP contribution in [0, 0.1) is 13.8 Å². The molecule has 0 unspecified atom stereocenters. The molecule has 0 saturated heterocycles. The lowest BCUT2D eigenvalue weighted by Gasteiger charge is -2.13. The van der Waals surface area contributed by atoms with E-state index in [2.05, 4.69) is 15.0 Å². The molecule has 0 amide bonds. The minimum atomic E-state index is 0.195. The van der Waals surface area contributed by atoms with Crippen LogP contribution in [-0.4, -0.2) is 15.0 Å². The van der Waals surface area contributed by atoms with Crippen molar-refractivity contribution < 1.29 is 4.74 Å². The largest absolute Gasteiger partial charge is 0.437 e. The fraction of sp³-hybridized carbons (Fsp3) is 0.357. The number of rotatable bonds is 3. The molecule has 0 aliphatic rings. The number of hydrogen-bond acceptors (Lipinski definition) is 5. The Morgan fingerprint density at radius 2 is 1.95 bits per heavy atom. The number of nitrogen functional groups attached to an aromatic ring is 1. The molecule has 0 saturated carbocycles. The molecule has 0 atom stereocenters. The number of nitrogens with zero attached hydrogens (tertiary/aromatic N) is 3. The second kappa shape index (κ2) is 5.22. The van der Waals surface area contributed by atoms with Crippen molar-refractivity contribution in [1.82, 2.24) is 15.0 Å². The predicted octanol–water partition coefficient (Wildman–Crippen LogP) is 2.99. The summed E-state index contributed by atoms with van der Waals surface area (Å²) in [5, 5.41) is 0. The summed E-state index contributed by atoms with van der Waals surface area (Å²) < 4.78 is 5.82. The lowest BCUT2D eigenvalue weighted by atomic mass is 10.2. The predicted molar refractivity (Wildman–Crippen MR) is 74.3 cm³/mol. The summed E-state index contributed by atoms with van der Waals surface area (Å²) in [6.45, 7) is 7.77. The van der Waals surface area contributed by atoms with Crippen molar-refractivity contribution in [3.05, 3.63) is 35.4 Å². The Bertz CT molecular complexity index is 596. The van der Waals surface area contributed by atoms with Crippen molar-refractivity contribution in [3.8, 4) is 11.6 Å². The minimum Gasteiger partial charge on any atom is -0.437 e. The first-order chi connectivity index (χ1) is 8.99. The van der Waals surface area contributed by atoms with Crippen LogP contribution in [0.2, 0.25) is 0 Å². The third-order valence-corrected chi connectivity index (χ3v) is 2.84. The molecule has 0 fully saturated rings. The van der Waals surface area contributed by atoms with Crippen LogP contribution in [-0.2, 0) is 0 Å². The molecule has 2 heterocycles. The van der Waals surface area contributed by atoms with Gasteiger partial charge in [-0.25, -0.2) is 4.98 Å². The summed E-state index contributed by atoms with van der Waals surface area (Å²) in [5.74, 6) is 2.50. The van der Waals surface area contributed by atoms with E-state index in [1.165, 1.54) is 0 Å². The van der Waals surface area contributed by atoms with Gasteiger partial charge >= 0.3 is 0 Å². The molecule has 100 valence electrons. The fourth-order valence-electron chi connectivity index (χ4n) is 1.57. The van der Waals surface area contributed by atoms with E-state index >= 15 is 0 Å². The topological polar surface area (TPSA) is 73.9 Å². The Morgan fingerprint density at radius 1 is 1.21 bits per heavy atom. The molecule has 2 N–H and O–H groups in total. The molecule has 0 aliphatic heterocycles. The highest BCUT2D eigenvalue weighted by atomic mass is 16.5. The molecule has 2 aromatic rings. The molecule has 0 radical (unpaired) electrons. The minimum absolute atomic E-state index is 0.195. The van der Waals surface area contributed by atoms with Crippen molar-refractivity contribution in [2.45, 2.75) is 33.6 Å². The summed E-state index contributed by atoms with van der Waals surface area (Å²) in [5.41, 5.74) is 7.46. The van der Waals surface area contributed by atoms with E-state index in [0.29, 0.717) is 23.3 Å². The van der Waals surface area contributed by atoms with Gasteiger partial charge < -0.3 is 10.5 Å². The molecular formula is C14H18N4O. The number of hydrogen-bond donors (Lipinski definition) is 1. The van der Waals surface area contributed by atoms with Crippen molar-refractivity contribution in [3.63, 3.8) is 0 Å². The van der Waals surface area contributed by atoms with Crippen LogP contribution in [0.4, 0.5) is 5.82 Å². The molecule has 2 aromatic heterocycles. The van der Waals surface area contributed by atoms with Gasteiger partial charge in [0.25, 0.3) is 0 Å². The monoisotopic (exact) mass is 258 g/mol. The van der Waals surface area contributed by atoms with Crippen molar-refractivity contribution in [1.29, 1.82) is 0 Å². The van der Waals surface area contributed by atoms with E-state index in [1.807, 2.05) is 39.8 Å². The van der Waals surface area contributed by atoms with Gasteiger partial charge in [-0.2, -0.15) is 4.98 Å². The maximum Gasteiger partial charge on any atom is 0.227 e. The first kappa shape index (κ1) is 13.3. The lowest BCUT2D eigenvalue weighted by molar-refractivity contribution is 0.447. The number of nitrogens with two attached hydrogens (primary N) is 1. The molecule has 2 rings (SSSR count). The van der Waals surface area contributed by atoms with E-state index in [9.17, 15) is 0 Å². The van der Waals surface area contributed by atoms with Gasteiger partial charge in [0.2, 0.25) is 5.88 Å². The van der Waals surface area contributed by atoms with Gasteiger partial charge in [0, 0.05) is 12.1 Å². The first-order valence-electron chi connectivity index (χ1n) is 6.22. The van der Waals surface area contributed by atoms with Gasteiger partial charge in [-0.1, -0.05) is 13.8 Å². The number of aryl methyl sites for hydroxylation is 1. The second-order valence-electron chi connectivity index (χ2n) is 4.74. The molecule has 0 aliphatic carbocycles. The van der Waals surface area contributed by atoms with E-state index in [4.69, 9.17) is 10.5 Å². The molecule has 0 spiro atoms. The number of pyridine rings is 1. The quantitative estimate of drug-likeness (QED) is 0.916. The summed E-state index contributed by atoms with van der Waals surface area (Å²) in [6, 6.07) is 3.68. The summed E-state index contributed by atoms with van der Waals surface area (Å²) >= 11 is 0. The van der Waals surface area contributed by atoms with Crippen LogP contribution in [0.25, 0.3) is 0 Å². The molecule has 0 bridgehead atoms. The van der Waals surface area contributed by atoms with Crippen molar-refractivity contribution in [2.24, 2.45) is 0 Å². The van der Waals surface area contributed by atoms with Crippen LogP contribution in [0.15, 0.2) is 18.3 Å². The van der Waals surface area contributed by atoms with Gasteiger partial charge in [-0.05, 0) is 26.0 Å². The third kappa shape index (κ3) is 2.81. The SMILES string of the molecule is Cc1ncccc1Oc1nc(C(C)C)nc(N)c1C. The van der Waals surface area contributed by atoms with Gasteiger partial charge in [-0.15, -0.1) is 0 Å². The zero-order chi connectivity index (χ0) is 14.0. The normalized spacial score (nSPS) is 10.8. The number of anilines is 1. The summed E-state index contributed by atoms with van der Waals surface area (Å²) in [7, 11) is 0. The summed E-state index contributed by atoms with van der Waals surface area (Å²) in [6.07, 6.45) is 1.73. The van der Waals surface area contributed by atoms with Crippen LogP contribution in [0.3, 0.4) is 0 Å². The van der Waals surface area contributed by atoms with E-state index in [1.54, 1.807) is 6.20 Å². The summed E-state index contributed by atoms with van der Waals surface area (Å²) in [4.78, 5) is 12.9. The Labute approximate surface area is 112 Å². The Morgan fingerprint density at radius 3 is 2.58 bits per heavy atom. The number of aromatic nitrogens is 3. The third-order valence-electron chi connectivity index (χ3n) is 2.84. The van der Waals surface area contributed by atoms with Gasteiger partial charge in [-0.3, -0.25) is 4.98 Å². The maximum absolute atomic E-state index is 5.90. The van der Waals surface area contributed by atoms with Crippen molar-refractivity contribution in [2.75, 3.05) is 5.73 Å². The smallest absolute Gasteiger partial charge is 0.227 e. The molecular weight excluding hydrogens is 240 g/mol. The standard InChI is InChI=1S/C14H18N4O/c1-8(2)13-17-12(15)9(3)14(18-13)19-11-6-5-7-16-10(11)4/h5-8H,1-4H3,(H2,15,17,18). The highest BCUT2D eigenvalue weighted by Crippen LogP contribution is 2.28. The average Bonchev–Trinajstić information content (AvgIpc) is 2.37. The van der Waals surface area contributed by atoms with Crippen molar-refractivity contribution >= 4 is 5.82 Å². The van der Waals surface area contributed by atoms with Gasteiger partial charge in [0.1, 0.15) is 11.6 Å². The highest BCUT2D eigenvalue weighted by Gasteiger charge is 2.13. The van der Waals surface area contributed by atoms with Gasteiger partial charge in [0.05, 0.1) is 11.3 Å². The average molecular weight is 258 g/mol. The van der Waals surface area contributed by atoms with Crippen LogP contribution >= 0.6 is 0 Å². The molecule has 5 nitrogen and oxygen atoms in total. The number of ether oxygens (including phenoxy) is 1. The first-order valence-corrected chi connectivity index (χ1v) is 6.22. The molecule has 19 heavy (non-hydrogen) atoms. The second-order valence-corrected chi connectivity index (χ2v) is 4.74. The van der Waals surface area contributed by atoms with Crippen LogP contribution in [0.1, 0.15) is 36.8 Å².